The average Bonchev–Trinajstić information content (AvgIpc) is 2.88. The van der Waals surface area contributed by atoms with Crippen LogP contribution in [0.25, 0.3) is 0 Å². The van der Waals surface area contributed by atoms with Crippen LogP contribution in [0.1, 0.15) is 83.8 Å². The van der Waals surface area contributed by atoms with Gasteiger partial charge in [-0.3, -0.25) is 0 Å². The first kappa shape index (κ1) is 17.0. The largest absolute Gasteiger partial charge is 0.303 e. The smallest absolute Gasteiger partial charge is 0.113 e. The maximum Gasteiger partial charge on any atom is 0.113 e. The van der Waals surface area contributed by atoms with Crippen LogP contribution in [0.2, 0.25) is 0 Å². The van der Waals surface area contributed by atoms with Gasteiger partial charge in [-0.25, -0.2) is 4.98 Å². The van der Waals surface area contributed by atoms with Crippen molar-refractivity contribution >= 4 is 11.3 Å². The number of nitrogens with one attached hydrogen (secondary N) is 1. The molecule has 1 heterocycles. The van der Waals surface area contributed by atoms with Crippen molar-refractivity contribution in [2.75, 3.05) is 0 Å². The van der Waals surface area contributed by atoms with Gasteiger partial charge >= 0.3 is 0 Å². The van der Waals surface area contributed by atoms with Crippen LogP contribution >= 0.6 is 11.3 Å². The van der Waals surface area contributed by atoms with Gasteiger partial charge in [-0.05, 0) is 44.4 Å². The molecule has 1 aliphatic rings. The monoisotopic (exact) mass is 308 g/mol. The van der Waals surface area contributed by atoms with Crippen molar-refractivity contribution in [2.24, 2.45) is 11.8 Å². The first-order valence-corrected chi connectivity index (χ1v) is 9.48. The third-order valence-electron chi connectivity index (χ3n) is 4.82. The second-order valence-corrected chi connectivity index (χ2v) is 8.46. The number of hydrogen-bond donors (Lipinski definition) is 1. The van der Waals surface area contributed by atoms with Gasteiger partial charge in [0, 0.05) is 11.4 Å². The summed E-state index contributed by atoms with van der Waals surface area (Å²) in [4.78, 5) is 5.05. The lowest BCUT2D eigenvalue weighted by molar-refractivity contribution is 0.0908. The van der Waals surface area contributed by atoms with Gasteiger partial charge in [0.15, 0.2) is 0 Å². The van der Waals surface area contributed by atoms with Crippen LogP contribution in [0, 0.1) is 11.8 Å². The molecule has 1 N–H and O–H groups in total. The fourth-order valence-electron chi connectivity index (χ4n) is 3.88. The first-order chi connectivity index (χ1) is 9.86. The van der Waals surface area contributed by atoms with E-state index in [1.165, 1.54) is 36.4 Å². The maximum atomic E-state index is 5.05. The molecule has 0 aromatic carbocycles. The number of thiazole rings is 1. The Kier molecular flexibility index (Phi) is 5.48. The molecule has 2 nitrogen and oxygen atoms in total. The van der Waals surface area contributed by atoms with E-state index < -0.39 is 0 Å². The molecule has 0 radical (unpaired) electrons. The molecule has 0 bridgehead atoms. The Labute approximate surface area is 134 Å². The number of rotatable bonds is 5. The quantitative estimate of drug-likeness (QED) is 0.797. The summed E-state index contributed by atoms with van der Waals surface area (Å²) in [5, 5.41) is 7.55. The van der Waals surface area contributed by atoms with Gasteiger partial charge in [0.25, 0.3) is 0 Å². The molecule has 1 saturated carbocycles. The molecule has 1 fully saturated rings. The molecule has 0 aliphatic heterocycles. The normalized spacial score (nSPS) is 27.0. The number of nitrogens with zero attached hydrogens (tertiary/aromatic N) is 1. The summed E-state index contributed by atoms with van der Waals surface area (Å²) in [5.41, 5.74) is 1.35. The van der Waals surface area contributed by atoms with Crippen molar-refractivity contribution in [3.63, 3.8) is 0 Å². The zero-order valence-corrected chi connectivity index (χ0v) is 15.4. The van der Waals surface area contributed by atoms with Crippen molar-refractivity contribution in [1.82, 2.24) is 10.3 Å². The van der Waals surface area contributed by atoms with Gasteiger partial charge in [0.05, 0.1) is 11.2 Å². The van der Waals surface area contributed by atoms with E-state index in [0.29, 0.717) is 23.8 Å². The molecule has 2 atom stereocenters. The summed E-state index contributed by atoms with van der Waals surface area (Å²) in [6.07, 6.45) is 5.25. The van der Waals surface area contributed by atoms with Crippen molar-refractivity contribution in [2.45, 2.75) is 84.7 Å². The van der Waals surface area contributed by atoms with E-state index in [-0.39, 0.29) is 5.54 Å². The van der Waals surface area contributed by atoms with E-state index in [1.807, 2.05) is 11.3 Å². The highest BCUT2D eigenvalue weighted by molar-refractivity contribution is 7.09. The van der Waals surface area contributed by atoms with Crippen LogP contribution < -0.4 is 5.32 Å². The summed E-state index contributed by atoms with van der Waals surface area (Å²) >= 11 is 1.87. The predicted molar refractivity (Wildman–Crippen MR) is 92.9 cm³/mol. The molecule has 1 aromatic heterocycles. The second-order valence-electron chi connectivity index (χ2n) is 7.60. The van der Waals surface area contributed by atoms with Gasteiger partial charge in [0.1, 0.15) is 5.01 Å². The molecule has 21 heavy (non-hydrogen) atoms. The third kappa shape index (κ3) is 3.50. The summed E-state index contributed by atoms with van der Waals surface area (Å²) < 4.78 is 0. The Morgan fingerprint density at radius 3 is 2.43 bits per heavy atom. The molecule has 0 amide bonds. The van der Waals surface area contributed by atoms with E-state index in [1.54, 1.807) is 0 Å². The summed E-state index contributed by atoms with van der Waals surface area (Å²) in [6, 6.07) is 0.496. The predicted octanol–water partition coefficient (Wildman–Crippen LogP) is 5.31. The Hall–Kier alpha value is -0.410. The summed E-state index contributed by atoms with van der Waals surface area (Å²) in [5.74, 6) is 1.91. The molecular formula is C18H32N2S. The van der Waals surface area contributed by atoms with Gasteiger partial charge in [0.2, 0.25) is 0 Å². The molecule has 2 rings (SSSR count). The molecule has 1 aromatic rings. The van der Waals surface area contributed by atoms with Gasteiger partial charge in [-0.2, -0.15) is 0 Å². The lowest BCUT2D eigenvalue weighted by Crippen LogP contribution is -2.54. The van der Waals surface area contributed by atoms with E-state index in [0.717, 1.165) is 0 Å². The van der Waals surface area contributed by atoms with Crippen molar-refractivity contribution in [1.29, 1.82) is 0 Å². The fourth-order valence-corrected chi connectivity index (χ4v) is 5.12. The van der Waals surface area contributed by atoms with E-state index >= 15 is 0 Å². The summed E-state index contributed by atoms with van der Waals surface area (Å²) in [6.45, 7) is 13.8. The number of hydrogen-bond acceptors (Lipinski definition) is 3. The topological polar surface area (TPSA) is 24.9 Å². The van der Waals surface area contributed by atoms with Gasteiger partial charge in [-0.15, -0.1) is 11.3 Å². The maximum absolute atomic E-state index is 5.05. The average molecular weight is 309 g/mol. The number of aromatic nitrogens is 1. The Morgan fingerprint density at radius 1 is 1.19 bits per heavy atom. The minimum atomic E-state index is 0.0956. The van der Waals surface area contributed by atoms with Crippen molar-refractivity contribution < 1.29 is 0 Å². The molecule has 120 valence electrons. The molecule has 2 unspecified atom stereocenters. The van der Waals surface area contributed by atoms with Crippen LogP contribution in [0.3, 0.4) is 0 Å². The minimum Gasteiger partial charge on any atom is -0.303 e. The highest BCUT2D eigenvalue weighted by Gasteiger charge is 2.45. The lowest BCUT2D eigenvalue weighted by atomic mass is 9.67. The SMILES string of the molecule is CC(C)NC1(c2nc(C(C)C)cs2)CCCCC1C(C)C. The fraction of sp³-hybridized carbons (Fsp3) is 0.833. The van der Waals surface area contributed by atoms with Crippen LogP contribution in [-0.4, -0.2) is 11.0 Å². The van der Waals surface area contributed by atoms with E-state index in [4.69, 9.17) is 4.98 Å². The zero-order chi connectivity index (χ0) is 15.6. The van der Waals surface area contributed by atoms with Crippen molar-refractivity contribution in [3.05, 3.63) is 16.1 Å². The molecule has 1 aliphatic carbocycles. The van der Waals surface area contributed by atoms with E-state index in [2.05, 4.69) is 52.2 Å². The molecule has 0 spiro atoms. The summed E-state index contributed by atoms with van der Waals surface area (Å²) in [7, 11) is 0. The van der Waals surface area contributed by atoms with Crippen LogP contribution in [0.5, 0.6) is 0 Å². The Morgan fingerprint density at radius 2 is 1.90 bits per heavy atom. The van der Waals surface area contributed by atoms with Gasteiger partial charge in [-0.1, -0.05) is 40.5 Å². The van der Waals surface area contributed by atoms with Crippen LogP contribution in [-0.2, 0) is 5.54 Å². The minimum absolute atomic E-state index is 0.0956. The Bertz CT molecular complexity index is 450. The van der Waals surface area contributed by atoms with E-state index in [9.17, 15) is 0 Å². The molecule has 3 heteroatoms. The standard InChI is InChI=1S/C18H32N2S/c1-12(2)15-9-7-8-10-18(15,20-14(5)6)17-19-16(11-21-17)13(3)4/h11-15,20H,7-10H2,1-6H3. The lowest BCUT2D eigenvalue weighted by Gasteiger charge is -2.47. The van der Waals surface area contributed by atoms with Gasteiger partial charge < -0.3 is 5.32 Å². The first-order valence-electron chi connectivity index (χ1n) is 8.60. The highest BCUT2D eigenvalue weighted by atomic mass is 32.1. The van der Waals surface area contributed by atoms with Crippen LogP contribution in [0.4, 0.5) is 0 Å². The Balaban J connectivity index is 2.43. The second kappa shape index (κ2) is 6.78. The third-order valence-corrected chi connectivity index (χ3v) is 5.85. The zero-order valence-electron chi connectivity index (χ0n) is 14.6. The van der Waals surface area contributed by atoms with Crippen molar-refractivity contribution in [3.8, 4) is 0 Å². The highest BCUT2D eigenvalue weighted by Crippen LogP contribution is 2.46. The van der Waals surface area contributed by atoms with Crippen LogP contribution in [0.15, 0.2) is 5.38 Å². The molecule has 0 saturated heterocycles. The molecular weight excluding hydrogens is 276 g/mol.